The first-order chi connectivity index (χ1) is 7.33. The lowest BCUT2D eigenvalue weighted by atomic mass is 9.83. The van der Waals surface area contributed by atoms with Crippen LogP contribution in [0.15, 0.2) is 0 Å². The molecule has 0 heterocycles. The molecular formula is C13H27NO. The minimum absolute atomic E-state index is 0.905. The molecule has 1 aliphatic carbocycles. The monoisotopic (exact) mass is 213 g/mol. The Labute approximate surface area is 94.8 Å². The van der Waals surface area contributed by atoms with Gasteiger partial charge in [-0.1, -0.05) is 19.8 Å². The first-order valence-corrected chi connectivity index (χ1v) is 6.52. The molecule has 0 aliphatic heterocycles. The molecule has 0 saturated heterocycles. The van der Waals surface area contributed by atoms with Gasteiger partial charge in [-0.2, -0.15) is 0 Å². The lowest BCUT2D eigenvalue weighted by Gasteiger charge is -2.26. The zero-order valence-corrected chi connectivity index (χ0v) is 10.4. The molecule has 90 valence electrons. The van der Waals surface area contributed by atoms with Gasteiger partial charge in [-0.05, 0) is 50.6 Å². The fourth-order valence-electron chi connectivity index (χ4n) is 2.34. The maximum Gasteiger partial charge on any atom is 0.0462 e. The molecular weight excluding hydrogens is 186 g/mol. The second kappa shape index (κ2) is 8.12. The first-order valence-electron chi connectivity index (χ1n) is 6.52. The van der Waals surface area contributed by atoms with E-state index in [0.717, 1.165) is 25.0 Å². The predicted octanol–water partition coefficient (Wildman–Crippen LogP) is 2.83. The average molecular weight is 213 g/mol. The molecule has 0 atom stereocenters. The largest absolute Gasteiger partial charge is 0.385 e. The fourth-order valence-corrected chi connectivity index (χ4v) is 2.34. The Morgan fingerprint density at radius 3 is 2.53 bits per heavy atom. The van der Waals surface area contributed by atoms with E-state index in [1.165, 1.54) is 45.1 Å². The number of nitrogens with one attached hydrogen (secondary N) is 1. The van der Waals surface area contributed by atoms with E-state index in [2.05, 4.69) is 12.2 Å². The highest BCUT2D eigenvalue weighted by Crippen LogP contribution is 2.27. The van der Waals surface area contributed by atoms with Gasteiger partial charge in [0.25, 0.3) is 0 Å². The zero-order valence-electron chi connectivity index (χ0n) is 10.4. The standard InChI is InChI=1S/C13H27NO/c1-12-5-7-13(8-6-12)11-14-9-3-4-10-15-2/h12-14H,3-11H2,1-2H3. The summed E-state index contributed by atoms with van der Waals surface area (Å²) in [6, 6.07) is 0. The molecule has 2 nitrogen and oxygen atoms in total. The van der Waals surface area contributed by atoms with Crippen LogP contribution in [-0.2, 0) is 4.74 Å². The van der Waals surface area contributed by atoms with Crippen LogP contribution in [0.1, 0.15) is 45.4 Å². The third-order valence-corrected chi connectivity index (χ3v) is 3.52. The van der Waals surface area contributed by atoms with Crippen LogP contribution in [-0.4, -0.2) is 26.8 Å². The van der Waals surface area contributed by atoms with Crippen molar-refractivity contribution in [2.75, 3.05) is 26.8 Å². The molecule has 0 unspecified atom stereocenters. The number of ether oxygens (including phenoxy) is 1. The van der Waals surface area contributed by atoms with Crippen molar-refractivity contribution in [3.63, 3.8) is 0 Å². The quantitative estimate of drug-likeness (QED) is 0.657. The molecule has 0 bridgehead atoms. The molecule has 0 amide bonds. The average Bonchev–Trinajstić information content (AvgIpc) is 2.26. The summed E-state index contributed by atoms with van der Waals surface area (Å²) in [6.45, 7) is 5.69. The summed E-state index contributed by atoms with van der Waals surface area (Å²) in [5.41, 5.74) is 0. The van der Waals surface area contributed by atoms with Crippen LogP contribution in [0.3, 0.4) is 0 Å². The summed E-state index contributed by atoms with van der Waals surface area (Å²) in [4.78, 5) is 0. The van der Waals surface area contributed by atoms with E-state index in [1.807, 2.05) is 0 Å². The molecule has 15 heavy (non-hydrogen) atoms. The number of methoxy groups -OCH3 is 1. The maximum atomic E-state index is 5.02. The van der Waals surface area contributed by atoms with Crippen molar-refractivity contribution in [1.82, 2.24) is 5.32 Å². The number of rotatable bonds is 7. The first kappa shape index (κ1) is 13.0. The van der Waals surface area contributed by atoms with Gasteiger partial charge < -0.3 is 10.1 Å². The Morgan fingerprint density at radius 1 is 1.13 bits per heavy atom. The van der Waals surface area contributed by atoms with Gasteiger partial charge in [0.2, 0.25) is 0 Å². The molecule has 0 aromatic carbocycles. The van der Waals surface area contributed by atoms with Crippen molar-refractivity contribution in [1.29, 1.82) is 0 Å². The normalized spacial score (nSPS) is 26.8. The second-order valence-electron chi connectivity index (χ2n) is 5.03. The van der Waals surface area contributed by atoms with E-state index in [4.69, 9.17) is 4.74 Å². The van der Waals surface area contributed by atoms with E-state index in [-0.39, 0.29) is 0 Å². The molecule has 0 spiro atoms. The highest BCUT2D eigenvalue weighted by molar-refractivity contribution is 4.71. The van der Waals surface area contributed by atoms with Gasteiger partial charge in [0.15, 0.2) is 0 Å². The zero-order chi connectivity index (χ0) is 10.9. The maximum absolute atomic E-state index is 5.02. The predicted molar refractivity (Wildman–Crippen MR) is 65.1 cm³/mol. The van der Waals surface area contributed by atoms with E-state index in [1.54, 1.807) is 7.11 Å². The second-order valence-corrected chi connectivity index (χ2v) is 5.03. The third-order valence-electron chi connectivity index (χ3n) is 3.52. The fraction of sp³-hybridized carbons (Fsp3) is 1.00. The van der Waals surface area contributed by atoms with E-state index in [0.29, 0.717) is 0 Å². The molecule has 1 aliphatic rings. The molecule has 1 rings (SSSR count). The van der Waals surface area contributed by atoms with E-state index in [9.17, 15) is 0 Å². The minimum atomic E-state index is 0.905. The summed E-state index contributed by atoms with van der Waals surface area (Å²) in [5, 5.41) is 3.57. The van der Waals surface area contributed by atoms with Crippen molar-refractivity contribution in [3.8, 4) is 0 Å². The van der Waals surface area contributed by atoms with Gasteiger partial charge in [-0.25, -0.2) is 0 Å². The van der Waals surface area contributed by atoms with Gasteiger partial charge in [-0.3, -0.25) is 0 Å². The lowest BCUT2D eigenvalue weighted by molar-refractivity contribution is 0.192. The number of hydrogen-bond donors (Lipinski definition) is 1. The Morgan fingerprint density at radius 2 is 1.87 bits per heavy atom. The minimum Gasteiger partial charge on any atom is -0.385 e. The molecule has 0 aromatic rings. The van der Waals surface area contributed by atoms with Crippen LogP contribution in [0.4, 0.5) is 0 Å². The lowest BCUT2D eigenvalue weighted by Crippen LogP contribution is -2.26. The van der Waals surface area contributed by atoms with Crippen LogP contribution in [0.5, 0.6) is 0 Å². The van der Waals surface area contributed by atoms with Gasteiger partial charge in [-0.15, -0.1) is 0 Å². The van der Waals surface area contributed by atoms with Crippen LogP contribution >= 0.6 is 0 Å². The van der Waals surface area contributed by atoms with Crippen molar-refractivity contribution in [2.45, 2.75) is 45.4 Å². The Hall–Kier alpha value is -0.0800. The summed E-state index contributed by atoms with van der Waals surface area (Å²) < 4.78 is 5.02. The molecule has 0 radical (unpaired) electrons. The van der Waals surface area contributed by atoms with Crippen LogP contribution in [0.2, 0.25) is 0 Å². The van der Waals surface area contributed by atoms with Gasteiger partial charge >= 0.3 is 0 Å². The number of hydrogen-bond acceptors (Lipinski definition) is 2. The Balaban J connectivity index is 1.87. The Kier molecular flexibility index (Phi) is 7.03. The number of unbranched alkanes of at least 4 members (excludes halogenated alkanes) is 1. The van der Waals surface area contributed by atoms with Crippen molar-refractivity contribution in [2.24, 2.45) is 11.8 Å². The Bertz CT molecular complexity index is 141. The highest BCUT2D eigenvalue weighted by atomic mass is 16.5. The van der Waals surface area contributed by atoms with Crippen LogP contribution in [0, 0.1) is 11.8 Å². The molecule has 1 N–H and O–H groups in total. The summed E-state index contributed by atoms with van der Waals surface area (Å²) >= 11 is 0. The van der Waals surface area contributed by atoms with Crippen LogP contribution in [0.25, 0.3) is 0 Å². The molecule has 2 heteroatoms. The van der Waals surface area contributed by atoms with Gasteiger partial charge in [0.1, 0.15) is 0 Å². The molecule has 0 aromatic heterocycles. The third kappa shape index (κ3) is 6.16. The van der Waals surface area contributed by atoms with Gasteiger partial charge in [0.05, 0.1) is 0 Å². The van der Waals surface area contributed by atoms with Crippen molar-refractivity contribution in [3.05, 3.63) is 0 Å². The SMILES string of the molecule is COCCCCNCC1CCC(C)CC1. The summed E-state index contributed by atoms with van der Waals surface area (Å²) in [5.74, 6) is 1.92. The van der Waals surface area contributed by atoms with Gasteiger partial charge in [0, 0.05) is 13.7 Å². The van der Waals surface area contributed by atoms with E-state index < -0.39 is 0 Å². The molecule has 1 saturated carbocycles. The summed E-state index contributed by atoms with van der Waals surface area (Å²) in [7, 11) is 1.77. The smallest absolute Gasteiger partial charge is 0.0462 e. The molecule has 1 fully saturated rings. The van der Waals surface area contributed by atoms with Crippen molar-refractivity contribution < 1.29 is 4.74 Å². The van der Waals surface area contributed by atoms with Crippen molar-refractivity contribution >= 4 is 0 Å². The topological polar surface area (TPSA) is 21.3 Å². The summed E-state index contributed by atoms with van der Waals surface area (Å²) in [6.07, 6.45) is 8.19. The van der Waals surface area contributed by atoms with E-state index >= 15 is 0 Å². The van der Waals surface area contributed by atoms with Crippen LogP contribution < -0.4 is 5.32 Å². The highest BCUT2D eigenvalue weighted by Gasteiger charge is 2.17.